The van der Waals surface area contributed by atoms with Gasteiger partial charge in [-0.25, -0.2) is 9.97 Å². The van der Waals surface area contributed by atoms with Crippen molar-refractivity contribution in [2.45, 2.75) is 19.3 Å². The van der Waals surface area contributed by atoms with Crippen molar-refractivity contribution >= 4 is 0 Å². The number of hydrogen-bond acceptors (Lipinski definition) is 7. The van der Waals surface area contributed by atoms with Crippen molar-refractivity contribution in [3.05, 3.63) is 48.6 Å². The monoisotopic (exact) mass is 338 g/mol. The molecule has 1 aliphatic carbocycles. The van der Waals surface area contributed by atoms with Crippen LogP contribution in [0.2, 0.25) is 0 Å². The second-order valence-electron chi connectivity index (χ2n) is 6.04. The van der Waals surface area contributed by atoms with Gasteiger partial charge in [-0.15, -0.1) is 0 Å². The predicted molar refractivity (Wildman–Crippen MR) is 89.4 cm³/mol. The quantitative estimate of drug-likeness (QED) is 0.683. The van der Waals surface area contributed by atoms with E-state index in [2.05, 4.69) is 19.9 Å². The Hall–Kier alpha value is -2.96. The molecule has 7 heteroatoms. The van der Waals surface area contributed by atoms with Crippen LogP contribution in [0.3, 0.4) is 0 Å². The highest BCUT2D eigenvalue weighted by Gasteiger charge is 2.40. The minimum absolute atomic E-state index is 0.419. The van der Waals surface area contributed by atoms with Crippen LogP contribution in [0.5, 0.6) is 11.6 Å². The molecule has 0 radical (unpaired) electrons. The number of aryl methyl sites for hydroxylation is 1. The van der Waals surface area contributed by atoms with Crippen molar-refractivity contribution in [3.63, 3.8) is 0 Å². The van der Waals surface area contributed by atoms with E-state index in [1.807, 2.05) is 19.1 Å². The molecule has 4 rings (SSSR count). The first kappa shape index (κ1) is 15.6. The van der Waals surface area contributed by atoms with E-state index in [1.165, 1.54) is 6.39 Å². The Morgan fingerprint density at radius 2 is 2.12 bits per heavy atom. The smallest absolute Gasteiger partial charge is 0.228 e. The molecule has 1 unspecified atom stereocenters. The number of hydrogen-bond donors (Lipinski definition) is 0. The summed E-state index contributed by atoms with van der Waals surface area (Å²) >= 11 is 0. The summed E-state index contributed by atoms with van der Waals surface area (Å²) in [6.07, 6.45) is 7.52. The van der Waals surface area contributed by atoms with Crippen molar-refractivity contribution in [2.75, 3.05) is 13.7 Å². The molecular formula is C18H18N4O3. The highest BCUT2D eigenvalue weighted by Crippen LogP contribution is 2.47. The lowest BCUT2D eigenvalue weighted by molar-refractivity contribution is 0.285. The molecule has 0 saturated heterocycles. The van der Waals surface area contributed by atoms with Crippen molar-refractivity contribution in [1.82, 2.24) is 19.9 Å². The van der Waals surface area contributed by atoms with Gasteiger partial charge in [0.2, 0.25) is 5.88 Å². The number of ether oxygens (including phenoxy) is 2. The maximum atomic E-state index is 5.97. The van der Waals surface area contributed by atoms with Gasteiger partial charge in [-0.3, -0.25) is 4.98 Å². The first-order valence-electron chi connectivity index (χ1n) is 8.10. The van der Waals surface area contributed by atoms with Crippen LogP contribution in [0.4, 0.5) is 0 Å². The molecule has 2 atom stereocenters. The number of pyridine rings is 1. The van der Waals surface area contributed by atoms with Crippen LogP contribution < -0.4 is 9.47 Å². The fourth-order valence-corrected chi connectivity index (χ4v) is 2.79. The molecule has 3 aromatic heterocycles. The highest BCUT2D eigenvalue weighted by atomic mass is 16.5. The van der Waals surface area contributed by atoms with Crippen molar-refractivity contribution in [3.8, 4) is 23.0 Å². The molecule has 7 nitrogen and oxygen atoms in total. The van der Waals surface area contributed by atoms with Gasteiger partial charge in [0.05, 0.1) is 31.7 Å². The standard InChI is InChI=1S/C18H18N4O3/c1-11-20-7-15(17-8-19-10-25-17)18(22-11)24-9-12-5-14(12)16-4-3-13(23-2)6-21-16/h3-4,6-8,10,12,14H,5,9H2,1-2H3/t12?,14-/m1/s1. The van der Waals surface area contributed by atoms with Crippen LogP contribution in [0.15, 0.2) is 41.5 Å². The Morgan fingerprint density at radius 1 is 1.20 bits per heavy atom. The molecule has 0 aromatic carbocycles. The zero-order chi connectivity index (χ0) is 17.2. The maximum absolute atomic E-state index is 5.97. The zero-order valence-corrected chi connectivity index (χ0v) is 14.0. The molecule has 1 aliphatic rings. The molecule has 0 aliphatic heterocycles. The van der Waals surface area contributed by atoms with Crippen molar-refractivity contribution in [1.29, 1.82) is 0 Å². The van der Waals surface area contributed by atoms with Crippen LogP contribution in [-0.2, 0) is 0 Å². The zero-order valence-electron chi connectivity index (χ0n) is 14.0. The lowest BCUT2D eigenvalue weighted by Crippen LogP contribution is -2.05. The third-order valence-corrected chi connectivity index (χ3v) is 4.30. The molecule has 0 bridgehead atoms. The van der Waals surface area contributed by atoms with E-state index in [1.54, 1.807) is 25.7 Å². The van der Waals surface area contributed by atoms with E-state index in [0.717, 1.165) is 17.9 Å². The molecule has 3 aromatic rings. The van der Waals surface area contributed by atoms with Crippen molar-refractivity contribution < 1.29 is 13.9 Å². The van der Waals surface area contributed by atoms with Gasteiger partial charge in [-0.1, -0.05) is 0 Å². The third-order valence-electron chi connectivity index (χ3n) is 4.30. The summed E-state index contributed by atoms with van der Waals surface area (Å²) in [5.41, 5.74) is 1.78. The molecule has 0 spiro atoms. The fourth-order valence-electron chi connectivity index (χ4n) is 2.79. The van der Waals surface area contributed by atoms with Gasteiger partial charge >= 0.3 is 0 Å². The average Bonchev–Trinajstić information content (AvgIpc) is 3.21. The first-order valence-corrected chi connectivity index (χ1v) is 8.10. The van der Waals surface area contributed by atoms with Gasteiger partial charge < -0.3 is 13.9 Å². The largest absolute Gasteiger partial charge is 0.495 e. The van der Waals surface area contributed by atoms with Gasteiger partial charge in [-0.05, 0) is 25.5 Å². The van der Waals surface area contributed by atoms with E-state index in [-0.39, 0.29) is 0 Å². The van der Waals surface area contributed by atoms with Crippen LogP contribution in [0.25, 0.3) is 11.3 Å². The summed E-state index contributed by atoms with van der Waals surface area (Å²) in [6.45, 7) is 2.41. The number of nitrogens with zero attached hydrogens (tertiary/aromatic N) is 4. The minimum Gasteiger partial charge on any atom is -0.495 e. The summed E-state index contributed by atoms with van der Waals surface area (Å²) in [4.78, 5) is 17.0. The second kappa shape index (κ2) is 6.51. The minimum atomic E-state index is 0.419. The Morgan fingerprint density at radius 3 is 2.84 bits per heavy atom. The van der Waals surface area contributed by atoms with Gasteiger partial charge in [0.1, 0.15) is 11.6 Å². The Bertz CT molecular complexity index is 849. The summed E-state index contributed by atoms with van der Waals surface area (Å²) < 4.78 is 16.5. The van der Waals surface area contributed by atoms with E-state index in [0.29, 0.717) is 41.5 Å². The molecule has 128 valence electrons. The lowest BCUT2D eigenvalue weighted by atomic mass is 10.2. The Balaban J connectivity index is 1.43. The summed E-state index contributed by atoms with van der Waals surface area (Å²) in [6, 6.07) is 3.95. The fraction of sp³-hybridized carbons (Fsp3) is 0.333. The summed E-state index contributed by atoms with van der Waals surface area (Å²) in [7, 11) is 1.64. The molecule has 0 amide bonds. The number of rotatable bonds is 6. The molecule has 1 fully saturated rings. The van der Waals surface area contributed by atoms with E-state index in [9.17, 15) is 0 Å². The van der Waals surface area contributed by atoms with Gasteiger partial charge in [0.25, 0.3) is 0 Å². The van der Waals surface area contributed by atoms with E-state index >= 15 is 0 Å². The molecule has 0 N–H and O–H groups in total. The number of methoxy groups -OCH3 is 1. The summed E-state index contributed by atoms with van der Waals surface area (Å²) in [5.74, 6) is 3.39. The first-order chi connectivity index (χ1) is 12.2. The Labute approximate surface area is 145 Å². The normalized spacial score (nSPS) is 18.8. The SMILES string of the molecule is COc1ccc([C@@H]2CC2COc2nc(C)ncc2-c2cnco2)nc1. The van der Waals surface area contributed by atoms with Gasteiger partial charge in [0.15, 0.2) is 12.2 Å². The van der Waals surface area contributed by atoms with Crippen LogP contribution in [-0.4, -0.2) is 33.7 Å². The van der Waals surface area contributed by atoms with E-state index < -0.39 is 0 Å². The predicted octanol–water partition coefficient (Wildman–Crippen LogP) is 3.03. The molecule has 3 heterocycles. The topological polar surface area (TPSA) is 83.2 Å². The van der Waals surface area contributed by atoms with Crippen LogP contribution in [0, 0.1) is 12.8 Å². The van der Waals surface area contributed by atoms with E-state index in [4.69, 9.17) is 13.9 Å². The number of oxazole rings is 1. The second-order valence-corrected chi connectivity index (χ2v) is 6.04. The van der Waals surface area contributed by atoms with Crippen molar-refractivity contribution in [2.24, 2.45) is 5.92 Å². The van der Waals surface area contributed by atoms with Crippen LogP contribution >= 0.6 is 0 Å². The highest BCUT2D eigenvalue weighted by molar-refractivity contribution is 5.61. The van der Waals surface area contributed by atoms with Crippen LogP contribution in [0.1, 0.15) is 23.9 Å². The third kappa shape index (κ3) is 3.31. The Kier molecular flexibility index (Phi) is 4.05. The van der Waals surface area contributed by atoms with Gasteiger partial charge in [0, 0.05) is 23.7 Å². The lowest BCUT2D eigenvalue weighted by Gasteiger charge is -2.09. The average molecular weight is 338 g/mol. The molecular weight excluding hydrogens is 320 g/mol. The molecule has 1 saturated carbocycles. The van der Waals surface area contributed by atoms with Gasteiger partial charge in [-0.2, -0.15) is 4.98 Å². The summed E-state index contributed by atoms with van der Waals surface area (Å²) in [5, 5.41) is 0. The number of aromatic nitrogens is 4. The molecule has 25 heavy (non-hydrogen) atoms. The maximum Gasteiger partial charge on any atom is 0.228 e.